The molecule has 1 aromatic carbocycles. The number of thioether (sulfide) groups is 1. The van der Waals surface area contributed by atoms with Crippen molar-refractivity contribution in [3.8, 4) is 0 Å². The van der Waals surface area contributed by atoms with Gasteiger partial charge < -0.3 is 4.90 Å². The first kappa shape index (κ1) is 18.8. The van der Waals surface area contributed by atoms with Gasteiger partial charge in [-0.2, -0.15) is 0 Å². The van der Waals surface area contributed by atoms with Crippen LogP contribution >= 0.6 is 11.8 Å². The van der Waals surface area contributed by atoms with Crippen LogP contribution in [0.25, 0.3) is 0 Å². The Kier molecular flexibility index (Phi) is 6.57. The van der Waals surface area contributed by atoms with Crippen molar-refractivity contribution in [1.29, 1.82) is 0 Å². The summed E-state index contributed by atoms with van der Waals surface area (Å²) in [6.45, 7) is 2.28. The smallest absolute Gasteiger partial charge is 0.233 e. The van der Waals surface area contributed by atoms with Crippen molar-refractivity contribution in [2.24, 2.45) is 0 Å². The lowest BCUT2D eigenvalue weighted by Crippen LogP contribution is -2.48. The molecule has 3 rings (SSSR count). The predicted molar refractivity (Wildman–Crippen MR) is 100 cm³/mol. The van der Waals surface area contributed by atoms with Gasteiger partial charge in [-0.3, -0.25) is 9.69 Å². The summed E-state index contributed by atoms with van der Waals surface area (Å²) in [6, 6.07) is 8.79. The number of rotatable bonds is 6. The van der Waals surface area contributed by atoms with E-state index in [1.54, 1.807) is 24.5 Å². The van der Waals surface area contributed by atoms with E-state index < -0.39 is 0 Å². The summed E-state index contributed by atoms with van der Waals surface area (Å²) in [4.78, 5) is 24.8. The molecule has 1 fully saturated rings. The molecule has 0 aliphatic carbocycles. The minimum absolute atomic E-state index is 0.0696. The molecule has 2 heterocycles. The van der Waals surface area contributed by atoms with Crippen LogP contribution in [0.3, 0.4) is 0 Å². The van der Waals surface area contributed by atoms with Gasteiger partial charge in [-0.05, 0) is 31.5 Å². The van der Waals surface area contributed by atoms with Crippen molar-refractivity contribution < 1.29 is 9.18 Å². The number of nitrogens with zero attached hydrogens (tertiary/aromatic N) is 4. The fraction of sp³-hybridized carbons (Fsp3) is 0.421. The van der Waals surface area contributed by atoms with Gasteiger partial charge in [0.1, 0.15) is 5.82 Å². The number of hydrogen-bond acceptors (Lipinski definition) is 5. The van der Waals surface area contributed by atoms with Crippen LogP contribution in [0.15, 0.2) is 47.9 Å². The number of amides is 1. The van der Waals surface area contributed by atoms with E-state index in [2.05, 4.69) is 14.9 Å². The topological polar surface area (TPSA) is 49.3 Å². The predicted octanol–water partition coefficient (Wildman–Crippen LogP) is 2.83. The molecule has 1 aliphatic rings. The van der Waals surface area contributed by atoms with Crippen molar-refractivity contribution in [1.82, 2.24) is 19.8 Å². The molecule has 0 unspecified atom stereocenters. The quantitative estimate of drug-likeness (QED) is 0.575. The highest BCUT2D eigenvalue weighted by molar-refractivity contribution is 7.99. The minimum atomic E-state index is -0.168. The van der Waals surface area contributed by atoms with Crippen LogP contribution in [0.2, 0.25) is 0 Å². The largest absolute Gasteiger partial charge is 0.341 e. The summed E-state index contributed by atoms with van der Waals surface area (Å²) in [5, 5.41) is 0.610. The summed E-state index contributed by atoms with van der Waals surface area (Å²) in [7, 11) is 1.85. The zero-order chi connectivity index (χ0) is 18.4. The first-order valence-corrected chi connectivity index (χ1v) is 9.73. The van der Waals surface area contributed by atoms with Crippen molar-refractivity contribution >= 4 is 17.7 Å². The Morgan fingerprint density at radius 1 is 1.31 bits per heavy atom. The second kappa shape index (κ2) is 9.09. The molecule has 26 heavy (non-hydrogen) atoms. The van der Waals surface area contributed by atoms with E-state index in [1.165, 1.54) is 17.8 Å². The Balaban J connectivity index is 1.53. The average Bonchev–Trinajstić information content (AvgIpc) is 2.68. The molecule has 0 N–H and O–H groups in total. The first-order valence-electron chi connectivity index (χ1n) is 8.74. The Hall–Kier alpha value is -1.99. The molecule has 1 saturated heterocycles. The zero-order valence-corrected chi connectivity index (χ0v) is 15.7. The number of halogens is 1. The van der Waals surface area contributed by atoms with Crippen LogP contribution in [0.1, 0.15) is 18.4 Å². The molecule has 2 aromatic rings. The molecule has 1 atom stereocenters. The van der Waals surface area contributed by atoms with E-state index in [-0.39, 0.29) is 17.8 Å². The fourth-order valence-electron chi connectivity index (χ4n) is 3.15. The Labute approximate surface area is 157 Å². The second-order valence-electron chi connectivity index (χ2n) is 6.45. The van der Waals surface area contributed by atoms with E-state index in [0.29, 0.717) is 23.0 Å². The Bertz CT molecular complexity index is 730. The highest BCUT2D eigenvalue weighted by atomic mass is 32.2. The van der Waals surface area contributed by atoms with E-state index in [0.717, 1.165) is 25.9 Å². The Morgan fingerprint density at radius 2 is 2.08 bits per heavy atom. The van der Waals surface area contributed by atoms with Crippen LogP contribution in [0.5, 0.6) is 0 Å². The summed E-state index contributed by atoms with van der Waals surface area (Å²) in [5.74, 6) is 0.225. The van der Waals surface area contributed by atoms with Gasteiger partial charge >= 0.3 is 0 Å². The number of benzene rings is 1. The molecule has 7 heteroatoms. The average molecular weight is 374 g/mol. The van der Waals surface area contributed by atoms with Crippen molar-refractivity contribution in [3.05, 3.63) is 54.1 Å². The zero-order valence-electron chi connectivity index (χ0n) is 14.8. The van der Waals surface area contributed by atoms with Crippen molar-refractivity contribution in [3.63, 3.8) is 0 Å². The van der Waals surface area contributed by atoms with Gasteiger partial charge in [0.2, 0.25) is 5.91 Å². The summed E-state index contributed by atoms with van der Waals surface area (Å²) >= 11 is 1.35. The molecule has 0 bridgehead atoms. The molecule has 138 valence electrons. The Morgan fingerprint density at radius 3 is 2.85 bits per heavy atom. The third-order valence-electron chi connectivity index (χ3n) is 4.64. The van der Waals surface area contributed by atoms with Crippen LogP contribution in [-0.4, -0.2) is 57.6 Å². The van der Waals surface area contributed by atoms with Gasteiger partial charge in [-0.25, -0.2) is 14.4 Å². The lowest BCUT2D eigenvalue weighted by atomic mass is 10.0. The number of likely N-dealkylation sites (tertiary alicyclic amines) is 1. The van der Waals surface area contributed by atoms with E-state index in [4.69, 9.17) is 0 Å². The van der Waals surface area contributed by atoms with E-state index in [9.17, 15) is 9.18 Å². The number of carbonyl (C=O) groups excluding carboxylic acids is 1. The van der Waals surface area contributed by atoms with Gasteiger partial charge in [-0.15, -0.1) is 0 Å². The first-order chi connectivity index (χ1) is 12.6. The fourth-order valence-corrected chi connectivity index (χ4v) is 3.88. The standard InChI is InChI=1S/C19H23FN4OS/c1-23(18(25)14-26-19-21-9-5-10-22-19)16-7-4-11-24(13-16)12-15-6-2-3-8-17(15)20/h2-3,5-6,8-10,16H,4,7,11-14H2,1H3/t16-/m0/s1. The van der Waals surface area contributed by atoms with Crippen molar-refractivity contribution in [2.45, 2.75) is 30.6 Å². The van der Waals surface area contributed by atoms with Crippen LogP contribution in [0.4, 0.5) is 4.39 Å². The lowest BCUT2D eigenvalue weighted by Gasteiger charge is -2.37. The molecule has 0 spiro atoms. The number of aromatic nitrogens is 2. The third-order valence-corrected chi connectivity index (χ3v) is 5.50. The summed E-state index contributed by atoms with van der Waals surface area (Å²) in [6.07, 6.45) is 5.32. The number of hydrogen-bond donors (Lipinski definition) is 0. The summed E-state index contributed by atoms with van der Waals surface area (Å²) in [5.41, 5.74) is 0.707. The highest BCUT2D eigenvalue weighted by Gasteiger charge is 2.26. The maximum absolute atomic E-state index is 13.9. The molecule has 5 nitrogen and oxygen atoms in total. The highest BCUT2D eigenvalue weighted by Crippen LogP contribution is 2.20. The molecular formula is C19H23FN4OS. The summed E-state index contributed by atoms with van der Waals surface area (Å²) < 4.78 is 13.9. The maximum Gasteiger partial charge on any atom is 0.233 e. The normalized spacial score (nSPS) is 17.8. The van der Waals surface area contributed by atoms with Gasteiger partial charge in [0.15, 0.2) is 5.16 Å². The van der Waals surface area contributed by atoms with Gasteiger partial charge in [0.25, 0.3) is 0 Å². The monoisotopic (exact) mass is 374 g/mol. The van der Waals surface area contributed by atoms with Crippen LogP contribution in [-0.2, 0) is 11.3 Å². The van der Waals surface area contributed by atoms with Gasteiger partial charge in [0, 0.05) is 44.1 Å². The van der Waals surface area contributed by atoms with E-state index in [1.807, 2.05) is 24.1 Å². The molecule has 0 radical (unpaired) electrons. The molecule has 1 aliphatic heterocycles. The number of carbonyl (C=O) groups is 1. The van der Waals surface area contributed by atoms with Gasteiger partial charge in [-0.1, -0.05) is 30.0 Å². The lowest BCUT2D eigenvalue weighted by molar-refractivity contribution is -0.130. The molecular weight excluding hydrogens is 351 g/mol. The van der Waals surface area contributed by atoms with E-state index >= 15 is 0 Å². The molecule has 0 saturated carbocycles. The second-order valence-corrected chi connectivity index (χ2v) is 7.39. The molecule has 1 aromatic heterocycles. The molecule has 1 amide bonds. The SMILES string of the molecule is CN(C(=O)CSc1ncccn1)[C@H]1CCCN(Cc2ccccc2F)C1. The third kappa shape index (κ3) is 5.02. The minimum Gasteiger partial charge on any atom is -0.341 e. The number of likely N-dealkylation sites (N-methyl/N-ethyl adjacent to an activating group) is 1. The number of piperidine rings is 1. The van der Waals surface area contributed by atoms with Gasteiger partial charge in [0.05, 0.1) is 5.75 Å². The van der Waals surface area contributed by atoms with Crippen molar-refractivity contribution in [2.75, 3.05) is 25.9 Å². The maximum atomic E-state index is 13.9. The van der Waals surface area contributed by atoms with Crippen LogP contribution in [0, 0.1) is 5.82 Å². The van der Waals surface area contributed by atoms with Crippen LogP contribution < -0.4 is 0 Å².